The van der Waals surface area contributed by atoms with Gasteiger partial charge < -0.3 is 9.80 Å². The third-order valence-corrected chi connectivity index (χ3v) is 7.70. The molecule has 1 saturated heterocycles. The Balaban J connectivity index is 1.50. The number of benzene rings is 3. The number of nitrogens with zero attached hydrogens (tertiary/aromatic N) is 2. The van der Waals surface area contributed by atoms with E-state index in [0.717, 1.165) is 54.9 Å². The molecule has 2 aliphatic heterocycles. The highest BCUT2D eigenvalue weighted by Crippen LogP contribution is 2.48. The van der Waals surface area contributed by atoms with Gasteiger partial charge in [0.15, 0.2) is 0 Å². The minimum Gasteiger partial charge on any atom is -0.310 e. The van der Waals surface area contributed by atoms with Crippen LogP contribution >= 0.6 is 0 Å². The summed E-state index contributed by atoms with van der Waals surface area (Å²) in [6.45, 7) is 5.97. The minimum absolute atomic E-state index is 0.0653. The Morgan fingerprint density at radius 3 is 2.15 bits per heavy atom. The van der Waals surface area contributed by atoms with Gasteiger partial charge in [-0.3, -0.25) is 4.79 Å². The zero-order valence-electron chi connectivity index (χ0n) is 19.9. The Labute approximate surface area is 202 Å². The van der Waals surface area contributed by atoms with Gasteiger partial charge in [0.25, 0.3) is 0 Å². The molecule has 3 nitrogen and oxygen atoms in total. The number of halogens is 1. The second kappa shape index (κ2) is 9.71. The largest absolute Gasteiger partial charge is 0.310 e. The number of amides is 1. The molecule has 34 heavy (non-hydrogen) atoms. The summed E-state index contributed by atoms with van der Waals surface area (Å²) in [5.74, 6) is -0.542. The molecule has 1 amide bonds. The maximum Gasteiger partial charge on any atom is 0.239 e. The number of likely N-dealkylation sites (tertiary alicyclic amines) is 1. The van der Waals surface area contributed by atoms with Gasteiger partial charge in [-0.1, -0.05) is 74.0 Å². The van der Waals surface area contributed by atoms with E-state index in [2.05, 4.69) is 11.8 Å². The predicted molar refractivity (Wildman–Crippen MR) is 136 cm³/mol. The van der Waals surface area contributed by atoms with E-state index in [1.807, 2.05) is 71.6 Å². The lowest BCUT2D eigenvalue weighted by molar-refractivity contribution is -0.119. The number of hydrogen-bond donors (Lipinski definition) is 0. The van der Waals surface area contributed by atoms with Crippen molar-refractivity contribution in [1.29, 1.82) is 0 Å². The molecular weight excluding hydrogens is 423 g/mol. The van der Waals surface area contributed by atoms with Crippen molar-refractivity contribution in [2.24, 2.45) is 0 Å². The molecule has 1 fully saturated rings. The van der Waals surface area contributed by atoms with E-state index in [4.69, 9.17) is 0 Å². The lowest BCUT2D eigenvalue weighted by Gasteiger charge is -2.40. The third kappa shape index (κ3) is 4.27. The van der Waals surface area contributed by atoms with Crippen LogP contribution in [-0.2, 0) is 10.2 Å². The van der Waals surface area contributed by atoms with Crippen LogP contribution in [0.2, 0.25) is 0 Å². The van der Waals surface area contributed by atoms with Gasteiger partial charge in [-0.05, 0) is 73.8 Å². The molecule has 2 heterocycles. The van der Waals surface area contributed by atoms with E-state index in [9.17, 15) is 9.18 Å². The van der Waals surface area contributed by atoms with E-state index < -0.39 is 0 Å². The van der Waals surface area contributed by atoms with Crippen LogP contribution in [0.15, 0.2) is 78.9 Å². The molecule has 0 radical (unpaired) electrons. The zero-order valence-corrected chi connectivity index (χ0v) is 19.9. The number of hydrogen-bond acceptors (Lipinski definition) is 2. The summed E-state index contributed by atoms with van der Waals surface area (Å²) in [5.41, 5.74) is 3.69. The number of piperidine rings is 1. The van der Waals surface area contributed by atoms with Crippen LogP contribution in [0.4, 0.5) is 10.1 Å². The van der Waals surface area contributed by atoms with Crippen molar-refractivity contribution in [3.8, 4) is 0 Å². The standard InChI is InChI=1S/C30H33FN2O/c1-2-3-18-32-19-16-30(17-20-32)22-33(27-15-14-25(31)21-26(27)30)29(34)28(23-10-6-4-7-11-23)24-12-8-5-9-13-24/h4-15,21,28H,2-3,16-20,22H2,1H3. The molecule has 3 aromatic carbocycles. The van der Waals surface area contributed by atoms with Crippen LogP contribution in [0, 0.1) is 5.82 Å². The fourth-order valence-corrected chi connectivity index (χ4v) is 5.78. The van der Waals surface area contributed by atoms with Crippen molar-refractivity contribution in [2.75, 3.05) is 31.1 Å². The van der Waals surface area contributed by atoms with Crippen LogP contribution < -0.4 is 4.90 Å². The van der Waals surface area contributed by atoms with Gasteiger partial charge in [-0.15, -0.1) is 0 Å². The van der Waals surface area contributed by atoms with E-state index in [1.165, 1.54) is 18.9 Å². The fraction of sp³-hybridized carbons (Fsp3) is 0.367. The van der Waals surface area contributed by atoms with E-state index in [0.29, 0.717) is 6.54 Å². The zero-order chi connectivity index (χ0) is 23.5. The number of anilines is 1. The lowest BCUT2D eigenvalue weighted by atomic mass is 9.74. The number of fused-ring (bicyclic) bond motifs is 2. The molecule has 0 saturated carbocycles. The Morgan fingerprint density at radius 1 is 0.941 bits per heavy atom. The maximum atomic E-state index is 14.4. The van der Waals surface area contributed by atoms with Crippen LogP contribution in [0.5, 0.6) is 0 Å². The Morgan fingerprint density at radius 2 is 1.56 bits per heavy atom. The van der Waals surface area contributed by atoms with Crippen molar-refractivity contribution < 1.29 is 9.18 Å². The second-order valence-electron chi connectivity index (χ2n) is 9.82. The number of carbonyl (C=O) groups is 1. The summed E-state index contributed by atoms with van der Waals surface area (Å²) in [6.07, 6.45) is 4.31. The second-order valence-corrected chi connectivity index (χ2v) is 9.82. The Hall–Kier alpha value is -2.98. The molecule has 0 atom stereocenters. The first kappa shape index (κ1) is 22.8. The lowest BCUT2D eigenvalue weighted by Crippen LogP contribution is -2.47. The predicted octanol–water partition coefficient (Wildman–Crippen LogP) is 6.14. The summed E-state index contributed by atoms with van der Waals surface area (Å²) >= 11 is 0. The van der Waals surface area contributed by atoms with Gasteiger partial charge in [0, 0.05) is 17.6 Å². The van der Waals surface area contributed by atoms with Crippen LogP contribution in [0.3, 0.4) is 0 Å². The molecule has 176 valence electrons. The van der Waals surface area contributed by atoms with Crippen molar-refractivity contribution >= 4 is 11.6 Å². The minimum atomic E-state index is -0.389. The highest BCUT2D eigenvalue weighted by molar-refractivity contribution is 6.02. The molecule has 0 unspecified atom stereocenters. The Kier molecular flexibility index (Phi) is 6.51. The monoisotopic (exact) mass is 456 g/mol. The average molecular weight is 457 g/mol. The first-order valence-corrected chi connectivity index (χ1v) is 12.5. The van der Waals surface area contributed by atoms with Gasteiger partial charge in [-0.25, -0.2) is 4.39 Å². The molecule has 4 heteroatoms. The average Bonchev–Trinajstić information content (AvgIpc) is 3.18. The number of unbranched alkanes of at least 4 members (excludes halogenated alkanes) is 1. The fourth-order valence-electron chi connectivity index (χ4n) is 5.78. The summed E-state index contributed by atoms with van der Waals surface area (Å²) in [4.78, 5) is 18.7. The normalized spacial score (nSPS) is 17.3. The molecular formula is C30H33FN2O. The van der Waals surface area contributed by atoms with E-state index >= 15 is 0 Å². The maximum absolute atomic E-state index is 14.4. The summed E-state index contributed by atoms with van der Waals surface area (Å²) in [6, 6.07) is 25.0. The van der Waals surface area contributed by atoms with Gasteiger partial charge in [0.2, 0.25) is 5.91 Å². The van der Waals surface area contributed by atoms with Gasteiger partial charge in [0.05, 0.1) is 5.92 Å². The molecule has 5 rings (SSSR count). The van der Waals surface area contributed by atoms with E-state index in [1.54, 1.807) is 6.07 Å². The quantitative estimate of drug-likeness (QED) is 0.445. The van der Waals surface area contributed by atoms with Crippen molar-refractivity contribution in [2.45, 2.75) is 43.9 Å². The van der Waals surface area contributed by atoms with Crippen LogP contribution in [0.25, 0.3) is 0 Å². The smallest absolute Gasteiger partial charge is 0.239 e. The SMILES string of the molecule is CCCCN1CCC2(CC1)CN(C(=O)C(c1ccccc1)c1ccccc1)c1ccc(F)cc12. The summed E-state index contributed by atoms with van der Waals surface area (Å²) < 4.78 is 14.4. The number of carbonyl (C=O) groups excluding carboxylic acids is 1. The molecule has 0 aliphatic carbocycles. The Bertz CT molecular complexity index is 1080. The van der Waals surface area contributed by atoms with Crippen molar-refractivity contribution in [3.05, 3.63) is 101 Å². The van der Waals surface area contributed by atoms with Gasteiger partial charge in [0.1, 0.15) is 5.82 Å². The number of rotatable bonds is 6. The first-order chi connectivity index (χ1) is 16.6. The van der Waals surface area contributed by atoms with E-state index in [-0.39, 0.29) is 23.1 Å². The van der Waals surface area contributed by atoms with Crippen molar-refractivity contribution in [3.63, 3.8) is 0 Å². The highest BCUT2D eigenvalue weighted by atomic mass is 19.1. The molecule has 0 aromatic heterocycles. The topological polar surface area (TPSA) is 23.6 Å². The molecule has 1 spiro atoms. The molecule has 0 N–H and O–H groups in total. The highest BCUT2D eigenvalue weighted by Gasteiger charge is 2.47. The van der Waals surface area contributed by atoms with Gasteiger partial charge in [-0.2, -0.15) is 0 Å². The van der Waals surface area contributed by atoms with Crippen LogP contribution in [-0.4, -0.2) is 37.0 Å². The van der Waals surface area contributed by atoms with Gasteiger partial charge >= 0.3 is 0 Å². The molecule has 2 aliphatic rings. The van der Waals surface area contributed by atoms with Crippen LogP contribution in [0.1, 0.15) is 55.2 Å². The van der Waals surface area contributed by atoms with Crippen molar-refractivity contribution in [1.82, 2.24) is 4.90 Å². The summed E-state index contributed by atoms with van der Waals surface area (Å²) in [5, 5.41) is 0. The third-order valence-electron chi connectivity index (χ3n) is 7.70. The molecule has 0 bridgehead atoms. The summed E-state index contributed by atoms with van der Waals surface area (Å²) in [7, 11) is 0. The first-order valence-electron chi connectivity index (χ1n) is 12.5. The molecule has 3 aromatic rings.